The number of hydrogen-bond donors (Lipinski definition) is 2. The van der Waals surface area contributed by atoms with E-state index in [2.05, 4.69) is 19.2 Å². The summed E-state index contributed by atoms with van der Waals surface area (Å²) in [5, 5.41) is 13.2. The standard InChI is InChI=1S/C17H20FNO/c1-13(2)19-12-17(20,14-6-4-3-5-7-14)15-8-10-16(18)11-9-15/h3-11,13,19-20H,12H2,1-2H3/p+1/t17-/m0/s1. The van der Waals surface area contributed by atoms with Crippen LogP contribution in [-0.4, -0.2) is 17.7 Å². The first kappa shape index (κ1) is 14.7. The minimum atomic E-state index is -1.11. The number of aliphatic hydroxyl groups is 1. The Kier molecular flexibility index (Phi) is 4.53. The summed E-state index contributed by atoms with van der Waals surface area (Å²) in [5.41, 5.74) is 0.421. The van der Waals surface area contributed by atoms with Crippen molar-refractivity contribution in [3.05, 3.63) is 71.5 Å². The van der Waals surface area contributed by atoms with Crippen molar-refractivity contribution in [1.82, 2.24) is 0 Å². The van der Waals surface area contributed by atoms with Crippen molar-refractivity contribution >= 4 is 0 Å². The second kappa shape index (κ2) is 6.16. The summed E-state index contributed by atoms with van der Waals surface area (Å²) >= 11 is 0. The molecule has 0 amide bonds. The molecule has 2 aromatic carbocycles. The average Bonchev–Trinajstić information content (AvgIpc) is 2.46. The molecule has 3 N–H and O–H groups in total. The molecule has 0 radical (unpaired) electrons. The fourth-order valence-electron chi connectivity index (χ4n) is 2.25. The highest BCUT2D eigenvalue weighted by atomic mass is 19.1. The molecule has 0 heterocycles. The maximum absolute atomic E-state index is 13.1. The lowest BCUT2D eigenvalue weighted by molar-refractivity contribution is -0.693. The third-order valence-electron chi connectivity index (χ3n) is 3.46. The summed E-state index contributed by atoms with van der Waals surface area (Å²) < 4.78 is 13.1. The number of hydrogen-bond acceptors (Lipinski definition) is 1. The number of halogens is 1. The van der Waals surface area contributed by atoms with Crippen molar-refractivity contribution in [3.8, 4) is 0 Å². The van der Waals surface area contributed by atoms with Crippen LogP contribution in [0.2, 0.25) is 0 Å². The molecule has 2 aromatic rings. The van der Waals surface area contributed by atoms with Crippen LogP contribution >= 0.6 is 0 Å². The molecule has 0 saturated carbocycles. The maximum Gasteiger partial charge on any atom is 0.163 e. The van der Waals surface area contributed by atoms with Gasteiger partial charge in [-0.15, -0.1) is 0 Å². The molecule has 106 valence electrons. The summed E-state index contributed by atoms with van der Waals surface area (Å²) in [6.45, 7) is 4.66. The Labute approximate surface area is 119 Å². The molecule has 0 bridgehead atoms. The Morgan fingerprint density at radius 3 is 2.10 bits per heavy atom. The number of nitrogens with two attached hydrogens (primary N) is 1. The van der Waals surface area contributed by atoms with Gasteiger partial charge in [0.25, 0.3) is 0 Å². The SMILES string of the molecule is CC(C)[NH2+]C[C@](O)(c1ccccc1)c1ccc(F)cc1. The molecule has 0 aliphatic heterocycles. The van der Waals surface area contributed by atoms with Gasteiger partial charge < -0.3 is 10.4 Å². The van der Waals surface area contributed by atoms with Gasteiger partial charge in [-0.1, -0.05) is 42.5 Å². The lowest BCUT2D eigenvalue weighted by Crippen LogP contribution is -2.91. The van der Waals surface area contributed by atoms with Crippen LogP contribution in [0.15, 0.2) is 54.6 Å². The zero-order valence-corrected chi connectivity index (χ0v) is 11.9. The first-order valence-corrected chi connectivity index (χ1v) is 6.89. The van der Waals surface area contributed by atoms with E-state index in [1.165, 1.54) is 12.1 Å². The van der Waals surface area contributed by atoms with Gasteiger partial charge in [-0.2, -0.15) is 0 Å². The Hall–Kier alpha value is -1.71. The van der Waals surface area contributed by atoms with Gasteiger partial charge in [0.1, 0.15) is 12.4 Å². The van der Waals surface area contributed by atoms with Crippen LogP contribution in [0, 0.1) is 5.82 Å². The van der Waals surface area contributed by atoms with E-state index in [1.807, 2.05) is 30.3 Å². The Bertz CT molecular complexity index is 539. The molecule has 3 heteroatoms. The second-order valence-corrected chi connectivity index (χ2v) is 5.42. The van der Waals surface area contributed by atoms with E-state index >= 15 is 0 Å². The van der Waals surface area contributed by atoms with Gasteiger partial charge in [-0.25, -0.2) is 4.39 Å². The van der Waals surface area contributed by atoms with Gasteiger partial charge >= 0.3 is 0 Å². The number of rotatable bonds is 5. The van der Waals surface area contributed by atoms with E-state index in [0.717, 1.165) is 5.56 Å². The lowest BCUT2D eigenvalue weighted by Gasteiger charge is -2.28. The molecular weight excluding hydrogens is 253 g/mol. The molecule has 0 aliphatic carbocycles. The van der Waals surface area contributed by atoms with Gasteiger partial charge in [0, 0.05) is 0 Å². The molecular formula is C17H21FNO+. The van der Waals surface area contributed by atoms with Crippen molar-refractivity contribution in [2.75, 3.05) is 6.54 Å². The van der Waals surface area contributed by atoms with E-state index in [4.69, 9.17) is 0 Å². The van der Waals surface area contributed by atoms with E-state index in [0.29, 0.717) is 18.2 Å². The molecule has 1 atom stereocenters. The predicted octanol–water partition coefficient (Wildman–Crippen LogP) is 2.03. The molecule has 2 nitrogen and oxygen atoms in total. The number of quaternary nitrogens is 1. The van der Waals surface area contributed by atoms with Gasteiger partial charge in [0.05, 0.1) is 6.04 Å². The zero-order valence-electron chi connectivity index (χ0n) is 11.9. The highest BCUT2D eigenvalue weighted by molar-refractivity contribution is 5.36. The predicted molar refractivity (Wildman–Crippen MR) is 77.8 cm³/mol. The first-order chi connectivity index (χ1) is 9.52. The minimum Gasteiger partial charge on any atom is -0.375 e. The van der Waals surface area contributed by atoms with E-state index in [1.54, 1.807) is 12.1 Å². The fraction of sp³-hybridized carbons (Fsp3) is 0.294. The monoisotopic (exact) mass is 274 g/mol. The summed E-state index contributed by atoms with van der Waals surface area (Å²) in [6.07, 6.45) is 0. The molecule has 0 fully saturated rings. The third kappa shape index (κ3) is 3.24. The van der Waals surface area contributed by atoms with Crippen molar-refractivity contribution in [3.63, 3.8) is 0 Å². The van der Waals surface area contributed by atoms with Crippen LogP contribution in [0.25, 0.3) is 0 Å². The van der Waals surface area contributed by atoms with Crippen molar-refractivity contribution < 1.29 is 14.8 Å². The Morgan fingerprint density at radius 1 is 1.00 bits per heavy atom. The Morgan fingerprint density at radius 2 is 1.55 bits per heavy atom. The number of benzene rings is 2. The maximum atomic E-state index is 13.1. The quantitative estimate of drug-likeness (QED) is 0.860. The van der Waals surface area contributed by atoms with Crippen LogP contribution in [0.5, 0.6) is 0 Å². The second-order valence-electron chi connectivity index (χ2n) is 5.42. The average molecular weight is 274 g/mol. The zero-order chi connectivity index (χ0) is 14.6. The molecule has 0 saturated heterocycles. The van der Waals surface area contributed by atoms with Crippen LogP contribution in [-0.2, 0) is 5.60 Å². The van der Waals surface area contributed by atoms with Gasteiger partial charge in [-0.3, -0.25) is 0 Å². The Balaban J connectivity index is 2.40. The van der Waals surface area contributed by atoms with E-state index in [-0.39, 0.29) is 5.82 Å². The van der Waals surface area contributed by atoms with Gasteiger partial charge in [0.15, 0.2) is 5.60 Å². The van der Waals surface area contributed by atoms with E-state index < -0.39 is 5.60 Å². The normalized spacial score (nSPS) is 14.2. The van der Waals surface area contributed by atoms with Crippen LogP contribution in [0.1, 0.15) is 25.0 Å². The summed E-state index contributed by atoms with van der Waals surface area (Å²) in [4.78, 5) is 0. The lowest BCUT2D eigenvalue weighted by atomic mass is 9.86. The van der Waals surface area contributed by atoms with Crippen molar-refractivity contribution in [1.29, 1.82) is 0 Å². The highest BCUT2D eigenvalue weighted by Crippen LogP contribution is 2.28. The van der Waals surface area contributed by atoms with Crippen LogP contribution < -0.4 is 5.32 Å². The highest BCUT2D eigenvalue weighted by Gasteiger charge is 2.33. The van der Waals surface area contributed by atoms with Crippen molar-refractivity contribution in [2.24, 2.45) is 0 Å². The smallest absolute Gasteiger partial charge is 0.163 e. The summed E-state index contributed by atoms with van der Waals surface area (Å²) in [6, 6.07) is 16.0. The largest absolute Gasteiger partial charge is 0.375 e. The molecule has 2 rings (SSSR count). The topological polar surface area (TPSA) is 36.8 Å². The third-order valence-corrected chi connectivity index (χ3v) is 3.46. The van der Waals surface area contributed by atoms with Crippen molar-refractivity contribution in [2.45, 2.75) is 25.5 Å². The van der Waals surface area contributed by atoms with Crippen LogP contribution in [0.4, 0.5) is 4.39 Å². The molecule has 0 spiro atoms. The summed E-state index contributed by atoms with van der Waals surface area (Å²) in [7, 11) is 0. The minimum absolute atomic E-state index is 0.294. The summed E-state index contributed by atoms with van der Waals surface area (Å²) in [5.74, 6) is -0.294. The van der Waals surface area contributed by atoms with Gasteiger partial charge in [0.2, 0.25) is 0 Å². The van der Waals surface area contributed by atoms with E-state index in [9.17, 15) is 9.50 Å². The fourth-order valence-corrected chi connectivity index (χ4v) is 2.25. The molecule has 0 unspecified atom stereocenters. The van der Waals surface area contributed by atoms with Crippen LogP contribution in [0.3, 0.4) is 0 Å². The molecule has 20 heavy (non-hydrogen) atoms. The first-order valence-electron chi connectivity index (χ1n) is 6.89. The molecule has 0 aromatic heterocycles. The molecule has 0 aliphatic rings. The van der Waals surface area contributed by atoms with Gasteiger partial charge in [-0.05, 0) is 37.1 Å².